The van der Waals surface area contributed by atoms with Crippen LogP contribution in [0.5, 0.6) is 5.75 Å². The molecule has 1 aromatic heterocycles. The van der Waals surface area contributed by atoms with Crippen molar-refractivity contribution >= 4 is 39.9 Å². The summed E-state index contributed by atoms with van der Waals surface area (Å²) in [6, 6.07) is 12.3. The topological polar surface area (TPSA) is 80.3 Å². The average Bonchev–Trinajstić information content (AvgIpc) is 3.20. The van der Waals surface area contributed by atoms with Gasteiger partial charge in [0.1, 0.15) is 18.2 Å². The lowest BCUT2D eigenvalue weighted by Gasteiger charge is -2.20. The van der Waals surface area contributed by atoms with E-state index in [1.807, 2.05) is 0 Å². The van der Waals surface area contributed by atoms with Gasteiger partial charge in [0, 0.05) is 15.5 Å². The number of ether oxygens (including phenoxy) is 1. The monoisotopic (exact) mass is 473 g/mol. The van der Waals surface area contributed by atoms with Crippen LogP contribution >= 0.6 is 22.9 Å². The Hall–Kier alpha value is -2.97. The fourth-order valence-electron chi connectivity index (χ4n) is 3.49. The first-order chi connectivity index (χ1) is 15.5. The van der Waals surface area contributed by atoms with Crippen LogP contribution in [0.3, 0.4) is 0 Å². The van der Waals surface area contributed by atoms with Gasteiger partial charge >= 0.3 is 0 Å². The van der Waals surface area contributed by atoms with Gasteiger partial charge in [-0.2, -0.15) is 0 Å². The fraction of sp³-hybridized carbons (Fsp3) is 0.261. The van der Waals surface area contributed by atoms with Gasteiger partial charge in [-0.05, 0) is 67.8 Å². The number of carbonyl (C=O) groups is 2. The van der Waals surface area contributed by atoms with Gasteiger partial charge in [-0.25, -0.2) is 9.37 Å². The summed E-state index contributed by atoms with van der Waals surface area (Å²) in [5.74, 6) is -0.532. The molecule has 166 valence electrons. The van der Waals surface area contributed by atoms with Crippen molar-refractivity contribution in [1.29, 1.82) is 0 Å². The molecule has 0 aliphatic heterocycles. The maximum atomic E-state index is 12.9. The third-order valence-corrected chi connectivity index (χ3v) is 6.38. The van der Waals surface area contributed by atoms with E-state index in [2.05, 4.69) is 15.6 Å². The minimum Gasteiger partial charge on any atom is -0.492 e. The highest BCUT2D eigenvalue weighted by atomic mass is 35.5. The van der Waals surface area contributed by atoms with E-state index >= 15 is 0 Å². The van der Waals surface area contributed by atoms with Crippen LogP contribution in [0.15, 0.2) is 48.5 Å². The smallest absolute Gasteiger partial charge is 0.257 e. The molecular weight excluding hydrogens is 453 g/mol. The predicted octanol–water partition coefficient (Wildman–Crippen LogP) is 4.80. The number of halogens is 2. The fourth-order valence-corrected chi connectivity index (χ4v) is 4.68. The van der Waals surface area contributed by atoms with E-state index < -0.39 is 0 Å². The number of amides is 2. The lowest BCUT2D eigenvalue weighted by atomic mass is 9.90. The van der Waals surface area contributed by atoms with Gasteiger partial charge in [0.2, 0.25) is 5.91 Å². The number of anilines is 1. The van der Waals surface area contributed by atoms with Crippen LogP contribution < -0.4 is 15.4 Å². The minimum atomic E-state index is -0.359. The van der Waals surface area contributed by atoms with Gasteiger partial charge in [-0.15, -0.1) is 11.3 Å². The second kappa shape index (κ2) is 10.1. The number of thiazole rings is 1. The summed E-state index contributed by atoms with van der Waals surface area (Å²) in [5, 5.41) is 6.74. The highest BCUT2D eigenvalue weighted by Gasteiger charge is 2.30. The maximum Gasteiger partial charge on any atom is 0.257 e. The van der Waals surface area contributed by atoms with Crippen molar-refractivity contribution in [2.24, 2.45) is 0 Å². The number of nitrogens with one attached hydrogen (secondary N) is 2. The van der Waals surface area contributed by atoms with Crippen molar-refractivity contribution in [2.45, 2.75) is 25.2 Å². The standard InChI is InChI=1S/C23H21ClFN3O3S/c24-15-6-4-14(5-7-15)21(29)28-23-27-20-18(2-1-3-19(20)32-23)22(30)26-12-13-31-17-10-8-16(25)9-11-17/h4-11,18H,1-3,12-13H2,(H,26,30)(H,27,28,29). The Bertz CT molecular complexity index is 1100. The quantitative estimate of drug-likeness (QED) is 0.483. The van der Waals surface area contributed by atoms with Gasteiger partial charge in [0.05, 0.1) is 18.2 Å². The second-order valence-electron chi connectivity index (χ2n) is 7.33. The Kier molecular flexibility index (Phi) is 7.02. The number of fused-ring (bicyclic) bond motifs is 1. The van der Waals surface area contributed by atoms with Gasteiger partial charge in [-0.1, -0.05) is 11.6 Å². The highest BCUT2D eigenvalue weighted by molar-refractivity contribution is 7.16. The molecule has 2 aromatic carbocycles. The molecule has 0 saturated heterocycles. The summed E-state index contributed by atoms with van der Waals surface area (Å²) in [6.45, 7) is 0.600. The number of aromatic nitrogens is 1. The highest BCUT2D eigenvalue weighted by Crippen LogP contribution is 2.37. The van der Waals surface area contributed by atoms with Gasteiger partial charge in [-0.3, -0.25) is 14.9 Å². The van der Waals surface area contributed by atoms with E-state index in [1.54, 1.807) is 36.4 Å². The molecule has 1 atom stereocenters. The van der Waals surface area contributed by atoms with Gasteiger partial charge < -0.3 is 10.1 Å². The summed E-state index contributed by atoms with van der Waals surface area (Å²) >= 11 is 7.28. The number of hydrogen-bond donors (Lipinski definition) is 2. The van der Waals surface area contributed by atoms with E-state index in [4.69, 9.17) is 16.3 Å². The Morgan fingerprint density at radius 2 is 1.91 bits per heavy atom. The molecule has 1 aliphatic carbocycles. The number of rotatable bonds is 7. The molecular formula is C23H21ClFN3O3S. The third kappa shape index (κ3) is 5.44. The van der Waals surface area contributed by atoms with Crippen molar-refractivity contribution < 1.29 is 18.7 Å². The first kappa shape index (κ1) is 22.2. The van der Waals surface area contributed by atoms with E-state index in [0.717, 1.165) is 23.4 Å². The van der Waals surface area contributed by atoms with Crippen molar-refractivity contribution in [2.75, 3.05) is 18.5 Å². The Morgan fingerprint density at radius 3 is 2.66 bits per heavy atom. The van der Waals surface area contributed by atoms with Crippen molar-refractivity contribution in [1.82, 2.24) is 10.3 Å². The normalized spacial score (nSPS) is 15.0. The molecule has 9 heteroatoms. The molecule has 6 nitrogen and oxygen atoms in total. The van der Waals surface area contributed by atoms with E-state index in [1.165, 1.54) is 23.5 Å². The summed E-state index contributed by atoms with van der Waals surface area (Å²) in [5.41, 5.74) is 1.21. The third-order valence-electron chi connectivity index (χ3n) is 5.08. The first-order valence-electron chi connectivity index (χ1n) is 10.2. The lowest BCUT2D eigenvalue weighted by Crippen LogP contribution is -2.34. The van der Waals surface area contributed by atoms with Crippen LogP contribution in [0.25, 0.3) is 0 Å². The molecule has 0 radical (unpaired) electrons. The van der Waals surface area contributed by atoms with Gasteiger partial charge in [0.25, 0.3) is 5.91 Å². The SMILES string of the molecule is O=C(Nc1nc2c(s1)CCCC2C(=O)NCCOc1ccc(F)cc1)c1ccc(Cl)cc1. The van der Waals surface area contributed by atoms with E-state index in [0.29, 0.717) is 34.4 Å². The van der Waals surface area contributed by atoms with Crippen molar-refractivity contribution in [3.8, 4) is 5.75 Å². The molecule has 4 rings (SSSR count). The second-order valence-corrected chi connectivity index (χ2v) is 8.85. The molecule has 2 amide bonds. The van der Waals surface area contributed by atoms with E-state index in [9.17, 15) is 14.0 Å². The molecule has 1 heterocycles. The predicted molar refractivity (Wildman–Crippen MR) is 122 cm³/mol. The Morgan fingerprint density at radius 1 is 1.16 bits per heavy atom. The maximum absolute atomic E-state index is 12.9. The van der Waals surface area contributed by atoms with E-state index in [-0.39, 0.29) is 30.2 Å². The Balaban J connectivity index is 1.33. The summed E-state index contributed by atoms with van der Waals surface area (Å²) in [4.78, 5) is 30.8. The zero-order valence-corrected chi connectivity index (χ0v) is 18.6. The molecule has 0 fully saturated rings. The van der Waals surface area contributed by atoms with Crippen LogP contribution in [0, 0.1) is 5.82 Å². The van der Waals surface area contributed by atoms with Crippen LogP contribution in [-0.4, -0.2) is 29.9 Å². The molecule has 0 spiro atoms. The number of nitrogens with zero attached hydrogens (tertiary/aromatic N) is 1. The van der Waals surface area contributed by atoms with Crippen LogP contribution in [0.1, 0.15) is 39.7 Å². The molecule has 2 N–H and O–H groups in total. The summed E-state index contributed by atoms with van der Waals surface area (Å²) in [7, 11) is 0. The molecule has 0 saturated carbocycles. The number of carbonyl (C=O) groups excluding carboxylic acids is 2. The first-order valence-corrected chi connectivity index (χ1v) is 11.4. The number of hydrogen-bond acceptors (Lipinski definition) is 5. The molecule has 1 aliphatic rings. The van der Waals surface area contributed by atoms with Crippen molar-refractivity contribution in [3.05, 3.63) is 75.5 Å². The summed E-state index contributed by atoms with van der Waals surface area (Å²) < 4.78 is 18.4. The molecule has 1 unspecified atom stereocenters. The number of aryl methyl sites for hydroxylation is 1. The minimum absolute atomic E-state index is 0.116. The Labute approximate surface area is 193 Å². The molecule has 32 heavy (non-hydrogen) atoms. The van der Waals surface area contributed by atoms with Crippen LogP contribution in [0.2, 0.25) is 5.02 Å². The number of benzene rings is 2. The largest absolute Gasteiger partial charge is 0.492 e. The zero-order chi connectivity index (χ0) is 22.5. The van der Waals surface area contributed by atoms with Crippen LogP contribution in [-0.2, 0) is 11.2 Å². The van der Waals surface area contributed by atoms with Crippen molar-refractivity contribution in [3.63, 3.8) is 0 Å². The van der Waals surface area contributed by atoms with Crippen LogP contribution in [0.4, 0.5) is 9.52 Å². The molecule has 0 bridgehead atoms. The zero-order valence-electron chi connectivity index (χ0n) is 17.1. The van der Waals surface area contributed by atoms with Gasteiger partial charge in [0.15, 0.2) is 5.13 Å². The lowest BCUT2D eigenvalue weighted by molar-refractivity contribution is -0.123. The molecule has 3 aromatic rings. The average molecular weight is 474 g/mol. The summed E-state index contributed by atoms with van der Waals surface area (Å²) in [6.07, 6.45) is 2.41.